The Bertz CT molecular complexity index is 183. The lowest BCUT2D eigenvalue weighted by Gasteiger charge is -2.26. The second kappa shape index (κ2) is 7.27. The summed E-state index contributed by atoms with van der Waals surface area (Å²) in [6, 6.07) is 0. The van der Waals surface area contributed by atoms with Crippen molar-refractivity contribution in [1.29, 1.82) is 0 Å². The van der Waals surface area contributed by atoms with Crippen LogP contribution in [0.2, 0.25) is 0 Å². The van der Waals surface area contributed by atoms with Crippen molar-refractivity contribution >= 4 is 16.8 Å². The van der Waals surface area contributed by atoms with Crippen molar-refractivity contribution in [2.75, 3.05) is 0 Å². The van der Waals surface area contributed by atoms with E-state index in [0.29, 0.717) is 0 Å². The first-order valence-electron chi connectivity index (χ1n) is 6.43. The Kier molecular flexibility index (Phi) is 6.31. The number of carbonyl (C=O) groups is 1. The minimum atomic E-state index is -0.112. The quantitative estimate of drug-likeness (QED) is 0.484. The van der Waals surface area contributed by atoms with Crippen LogP contribution in [-0.4, -0.2) is 5.24 Å². The first kappa shape index (κ1) is 13.0. The summed E-state index contributed by atoms with van der Waals surface area (Å²) >= 11 is 5.51. The Morgan fingerprint density at radius 3 is 2.33 bits per heavy atom. The number of carbonyl (C=O) groups excluding carboxylic acids is 1. The average molecular weight is 231 g/mol. The van der Waals surface area contributed by atoms with Gasteiger partial charge in [-0.25, -0.2) is 0 Å². The summed E-state index contributed by atoms with van der Waals surface area (Å²) in [6.45, 7) is 2.25. The molecule has 0 amide bonds. The van der Waals surface area contributed by atoms with Crippen LogP contribution in [0.4, 0.5) is 0 Å². The van der Waals surface area contributed by atoms with Crippen LogP contribution in [-0.2, 0) is 4.79 Å². The Hall–Kier alpha value is -0.0400. The molecular weight excluding hydrogens is 208 g/mol. The highest BCUT2D eigenvalue weighted by molar-refractivity contribution is 6.63. The molecular formula is C13H23ClO. The molecule has 1 aliphatic carbocycles. The first-order valence-corrected chi connectivity index (χ1v) is 6.81. The summed E-state index contributed by atoms with van der Waals surface area (Å²) in [7, 11) is 0. The predicted molar refractivity (Wildman–Crippen MR) is 65.1 cm³/mol. The van der Waals surface area contributed by atoms with Crippen molar-refractivity contribution < 1.29 is 4.79 Å². The molecule has 0 atom stereocenters. The van der Waals surface area contributed by atoms with Crippen molar-refractivity contribution in [2.24, 2.45) is 11.8 Å². The Morgan fingerprint density at radius 2 is 1.80 bits per heavy atom. The molecule has 15 heavy (non-hydrogen) atoms. The Morgan fingerprint density at radius 1 is 1.13 bits per heavy atom. The SMILES string of the molecule is CCCCCC[C@H]1CC[C@H](C(=O)Cl)CC1. The summed E-state index contributed by atoms with van der Waals surface area (Å²) in [5.74, 6) is 1.03. The Balaban J connectivity index is 2.07. The fraction of sp³-hybridized carbons (Fsp3) is 0.923. The zero-order valence-corrected chi connectivity index (χ0v) is 10.6. The van der Waals surface area contributed by atoms with Gasteiger partial charge in [-0.15, -0.1) is 0 Å². The van der Waals surface area contributed by atoms with Gasteiger partial charge in [-0.1, -0.05) is 39.0 Å². The van der Waals surface area contributed by atoms with E-state index in [1.165, 1.54) is 44.9 Å². The molecule has 0 spiro atoms. The first-order chi connectivity index (χ1) is 7.24. The average Bonchev–Trinajstić information content (AvgIpc) is 2.25. The van der Waals surface area contributed by atoms with Crippen LogP contribution in [0, 0.1) is 11.8 Å². The zero-order chi connectivity index (χ0) is 11.1. The van der Waals surface area contributed by atoms with Gasteiger partial charge in [0.25, 0.3) is 0 Å². The fourth-order valence-corrected chi connectivity index (χ4v) is 2.76. The van der Waals surface area contributed by atoms with Crippen LogP contribution in [0.15, 0.2) is 0 Å². The van der Waals surface area contributed by atoms with E-state index in [0.717, 1.165) is 18.8 Å². The van der Waals surface area contributed by atoms with E-state index in [1.807, 2.05) is 0 Å². The molecule has 2 heteroatoms. The van der Waals surface area contributed by atoms with Gasteiger partial charge in [-0.2, -0.15) is 0 Å². The topological polar surface area (TPSA) is 17.1 Å². The third-order valence-electron chi connectivity index (χ3n) is 3.63. The van der Waals surface area contributed by atoms with Gasteiger partial charge in [0.15, 0.2) is 0 Å². The molecule has 0 bridgehead atoms. The summed E-state index contributed by atoms with van der Waals surface area (Å²) in [6.07, 6.45) is 11.3. The molecule has 0 radical (unpaired) electrons. The Labute approximate surface area is 98.6 Å². The highest BCUT2D eigenvalue weighted by Gasteiger charge is 2.24. The zero-order valence-electron chi connectivity index (χ0n) is 9.80. The molecule has 0 aromatic rings. The smallest absolute Gasteiger partial charge is 0.224 e. The van der Waals surface area contributed by atoms with Gasteiger partial charge in [-0.3, -0.25) is 4.79 Å². The maximum Gasteiger partial charge on any atom is 0.224 e. The van der Waals surface area contributed by atoms with E-state index in [9.17, 15) is 4.79 Å². The van der Waals surface area contributed by atoms with E-state index in [1.54, 1.807) is 0 Å². The number of unbranched alkanes of at least 4 members (excludes halogenated alkanes) is 3. The monoisotopic (exact) mass is 230 g/mol. The maximum absolute atomic E-state index is 11.0. The van der Waals surface area contributed by atoms with E-state index < -0.39 is 0 Å². The molecule has 0 saturated heterocycles. The number of halogens is 1. The van der Waals surface area contributed by atoms with Crippen molar-refractivity contribution in [3.63, 3.8) is 0 Å². The molecule has 0 heterocycles. The molecule has 1 nitrogen and oxygen atoms in total. The summed E-state index contributed by atoms with van der Waals surface area (Å²) < 4.78 is 0. The number of hydrogen-bond donors (Lipinski definition) is 0. The van der Waals surface area contributed by atoms with Gasteiger partial charge in [-0.05, 0) is 43.2 Å². The highest BCUT2D eigenvalue weighted by Crippen LogP contribution is 2.33. The van der Waals surface area contributed by atoms with Crippen molar-refractivity contribution in [3.05, 3.63) is 0 Å². The third kappa shape index (κ3) is 5.01. The van der Waals surface area contributed by atoms with Gasteiger partial charge in [0, 0.05) is 5.92 Å². The van der Waals surface area contributed by atoms with Crippen molar-refractivity contribution in [3.8, 4) is 0 Å². The van der Waals surface area contributed by atoms with Gasteiger partial charge in [0.05, 0.1) is 0 Å². The molecule has 0 N–H and O–H groups in total. The summed E-state index contributed by atoms with van der Waals surface area (Å²) in [5, 5.41) is -0.112. The standard InChI is InChI=1S/C13H23ClO/c1-2-3-4-5-6-11-7-9-12(10-8-11)13(14)15/h11-12H,2-10H2,1H3/t11-,12-. The third-order valence-corrected chi connectivity index (χ3v) is 3.94. The maximum atomic E-state index is 11.0. The van der Waals surface area contributed by atoms with E-state index >= 15 is 0 Å². The second-order valence-electron chi connectivity index (χ2n) is 4.87. The predicted octanol–water partition coefficient (Wildman–Crippen LogP) is 4.53. The second-order valence-corrected chi connectivity index (χ2v) is 5.24. The normalized spacial score (nSPS) is 26.5. The lowest BCUT2D eigenvalue weighted by molar-refractivity contribution is -0.116. The summed E-state index contributed by atoms with van der Waals surface area (Å²) in [5.41, 5.74) is 0. The van der Waals surface area contributed by atoms with Crippen molar-refractivity contribution in [1.82, 2.24) is 0 Å². The molecule has 0 aromatic carbocycles. The lowest BCUT2D eigenvalue weighted by Crippen LogP contribution is -2.18. The van der Waals surface area contributed by atoms with E-state index in [2.05, 4.69) is 6.92 Å². The molecule has 0 aliphatic heterocycles. The molecule has 1 rings (SSSR count). The molecule has 1 saturated carbocycles. The van der Waals surface area contributed by atoms with Crippen LogP contribution in [0.3, 0.4) is 0 Å². The van der Waals surface area contributed by atoms with E-state index in [4.69, 9.17) is 11.6 Å². The largest absolute Gasteiger partial charge is 0.281 e. The van der Waals surface area contributed by atoms with Crippen molar-refractivity contribution in [2.45, 2.75) is 64.7 Å². The van der Waals surface area contributed by atoms with Crippen LogP contribution >= 0.6 is 11.6 Å². The van der Waals surface area contributed by atoms with Gasteiger partial charge >= 0.3 is 0 Å². The number of hydrogen-bond acceptors (Lipinski definition) is 1. The minimum Gasteiger partial charge on any atom is -0.281 e. The van der Waals surface area contributed by atoms with Crippen LogP contribution in [0.5, 0.6) is 0 Å². The molecule has 1 aliphatic rings. The fourth-order valence-electron chi connectivity index (χ4n) is 2.54. The highest BCUT2D eigenvalue weighted by atomic mass is 35.5. The molecule has 0 unspecified atom stereocenters. The van der Waals surface area contributed by atoms with Gasteiger partial charge in [0.1, 0.15) is 0 Å². The minimum absolute atomic E-state index is 0.112. The van der Waals surface area contributed by atoms with Crippen LogP contribution in [0.25, 0.3) is 0 Å². The lowest BCUT2D eigenvalue weighted by atomic mass is 9.80. The van der Waals surface area contributed by atoms with Crippen LogP contribution < -0.4 is 0 Å². The molecule has 88 valence electrons. The van der Waals surface area contributed by atoms with E-state index in [-0.39, 0.29) is 11.2 Å². The van der Waals surface area contributed by atoms with Crippen LogP contribution in [0.1, 0.15) is 64.7 Å². The molecule has 1 fully saturated rings. The van der Waals surface area contributed by atoms with Gasteiger partial charge < -0.3 is 0 Å². The summed E-state index contributed by atoms with van der Waals surface area (Å²) in [4.78, 5) is 11.0. The number of rotatable bonds is 6. The molecule has 0 aromatic heterocycles. The van der Waals surface area contributed by atoms with Gasteiger partial charge in [0.2, 0.25) is 5.24 Å².